The first-order chi connectivity index (χ1) is 14.1. The van der Waals surface area contributed by atoms with Crippen molar-refractivity contribution in [3.05, 3.63) is 59.4 Å². The third-order valence-electron chi connectivity index (χ3n) is 8.07. The molecule has 0 atom stereocenters. The lowest BCUT2D eigenvalue weighted by Gasteiger charge is -2.54. The maximum Gasteiger partial charge on any atom is 0.131 e. The zero-order valence-electron chi connectivity index (χ0n) is 18.4. The zero-order chi connectivity index (χ0) is 20.3. The monoisotopic (exact) mass is 392 g/mol. The van der Waals surface area contributed by atoms with Crippen molar-refractivity contribution in [1.29, 1.82) is 0 Å². The second kappa shape index (κ2) is 8.62. The van der Waals surface area contributed by atoms with E-state index in [0.29, 0.717) is 5.41 Å². The molecule has 3 saturated carbocycles. The van der Waals surface area contributed by atoms with Crippen LogP contribution in [0.5, 0.6) is 0 Å². The number of unbranched alkanes of at least 4 members (excludes halogenated alkanes) is 2. The maximum atomic E-state index is 15.1. The lowest BCUT2D eigenvalue weighted by Crippen LogP contribution is -2.44. The topological polar surface area (TPSA) is 0 Å². The summed E-state index contributed by atoms with van der Waals surface area (Å²) >= 11 is 0. The molecule has 0 spiro atoms. The molecule has 3 aliphatic carbocycles. The minimum atomic E-state index is -0.0552. The molecule has 0 unspecified atom stereocenters. The second-order valence-corrected chi connectivity index (χ2v) is 9.85. The van der Waals surface area contributed by atoms with Gasteiger partial charge in [0.2, 0.25) is 0 Å². The summed E-state index contributed by atoms with van der Waals surface area (Å²) < 4.78 is 15.1. The van der Waals surface area contributed by atoms with Crippen molar-refractivity contribution in [2.75, 3.05) is 0 Å². The van der Waals surface area contributed by atoms with Crippen molar-refractivity contribution in [2.45, 2.75) is 96.3 Å². The van der Waals surface area contributed by atoms with Gasteiger partial charge in [0.1, 0.15) is 5.82 Å². The molecule has 3 aliphatic rings. The van der Waals surface area contributed by atoms with E-state index in [1.807, 2.05) is 6.07 Å². The molecule has 3 fully saturated rings. The van der Waals surface area contributed by atoms with E-state index in [1.165, 1.54) is 69.8 Å². The summed E-state index contributed by atoms with van der Waals surface area (Å²) in [5.74, 6) is -0.0552. The Morgan fingerprint density at radius 2 is 1.52 bits per heavy atom. The molecule has 0 radical (unpaired) electrons. The van der Waals surface area contributed by atoms with Crippen LogP contribution in [0.25, 0.3) is 11.1 Å². The standard InChI is InChI=1S/C28H37F/c1-3-5-8-14-27-15-18-28(19-16-27,20-17-27)25-11-7-6-10-23(25)24-13-12-22(9-4-2)21-26(24)29/h6-7,10-13,21H,3-5,8-9,14-20H2,1-2H3. The summed E-state index contributed by atoms with van der Waals surface area (Å²) in [5, 5.41) is 0. The van der Waals surface area contributed by atoms with Crippen LogP contribution < -0.4 is 0 Å². The van der Waals surface area contributed by atoms with Crippen LogP contribution in [0, 0.1) is 11.2 Å². The molecule has 156 valence electrons. The second-order valence-electron chi connectivity index (χ2n) is 9.85. The highest BCUT2D eigenvalue weighted by Gasteiger charge is 2.49. The Morgan fingerprint density at radius 3 is 2.17 bits per heavy atom. The van der Waals surface area contributed by atoms with Crippen LogP contribution in [0.15, 0.2) is 42.5 Å². The third-order valence-corrected chi connectivity index (χ3v) is 8.07. The smallest absolute Gasteiger partial charge is 0.131 e. The minimum absolute atomic E-state index is 0.0552. The maximum absolute atomic E-state index is 15.1. The molecule has 0 heterocycles. The molecule has 0 saturated heterocycles. The molecule has 1 heteroatoms. The number of hydrogen-bond donors (Lipinski definition) is 0. The van der Waals surface area contributed by atoms with E-state index in [0.717, 1.165) is 29.5 Å². The van der Waals surface area contributed by atoms with E-state index >= 15 is 4.39 Å². The fourth-order valence-corrected chi connectivity index (χ4v) is 6.19. The largest absolute Gasteiger partial charge is 0.206 e. The first-order valence-electron chi connectivity index (χ1n) is 12.0. The number of hydrogen-bond acceptors (Lipinski definition) is 0. The normalized spacial score (nSPS) is 26.0. The van der Waals surface area contributed by atoms with Gasteiger partial charge in [-0.1, -0.05) is 75.9 Å². The predicted molar refractivity (Wildman–Crippen MR) is 122 cm³/mol. The van der Waals surface area contributed by atoms with Gasteiger partial charge in [-0.3, -0.25) is 0 Å². The van der Waals surface area contributed by atoms with Crippen molar-refractivity contribution in [3.63, 3.8) is 0 Å². The first-order valence-corrected chi connectivity index (χ1v) is 12.0. The highest BCUT2D eigenvalue weighted by atomic mass is 19.1. The van der Waals surface area contributed by atoms with Gasteiger partial charge in [0, 0.05) is 5.56 Å². The molecule has 5 rings (SSSR count). The van der Waals surface area contributed by atoms with Gasteiger partial charge in [0.15, 0.2) is 0 Å². The van der Waals surface area contributed by atoms with Crippen LogP contribution in [-0.2, 0) is 11.8 Å². The van der Waals surface area contributed by atoms with E-state index in [2.05, 4.69) is 44.2 Å². The highest BCUT2D eigenvalue weighted by Crippen LogP contribution is 2.60. The minimum Gasteiger partial charge on any atom is -0.206 e. The summed E-state index contributed by atoms with van der Waals surface area (Å²) in [7, 11) is 0. The lowest BCUT2D eigenvalue weighted by molar-refractivity contribution is 0.0308. The Kier molecular flexibility index (Phi) is 6.13. The van der Waals surface area contributed by atoms with Gasteiger partial charge in [-0.05, 0) is 85.0 Å². The fraction of sp³-hybridized carbons (Fsp3) is 0.571. The first kappa shape index (κ1) is 20.6. The molecule has 0 nitrogen and oxygen atoms in total. The summed E-state index contributed by atoms with van der Waals surface area (Å²) in [6.07, 6.45) is 15.5. The molecule has 29 heavy (non-hydrogen) atoms. The Bertz CT molecular complexity index is 809. The van der Waals surface area contributed by atoms with Crippen molar-refractivity contribution < 1.29 is 4.39 Å². The summed E-state index contributed by atoms with van der Waals surface area (Å²) in [6.45, 7) is 4.45. The fourth-order valence-electron chi connectivity index (χ4n) is 6.19. The molecular weight excluding hydrogens is 355 g/mol. The van der Waals surface area contributed by atoms with E-state index in [9.17, 15) is 0 Å². The average molecular weight is 393 g/mol. The van der Waals surface area contributed by atoms with Crippen molar-refractivity contribution in [1.82, 2.24) is 0 Å². The quantitative estimate of drug-likeness (QED) is 0.394. The van der Waals surface area contributed by atoms with Gasteiger partial charge in [-0.15, -0.1) is 0 Å². The summed E-state index contributed by atoms with van der Waals surface area (Å²) in [5.41, 5.74) is 5.31. The lowest BCUT2D eigenvalue weighted by atomic mass is 9.50. The SMILES string of the molecule is CCCCCC12CCC(c3ccccc3-c3ccc(CCC)cc3F)(CC1)CC2. The number of rotatable bonds is 8. The Labute approximate surface area is 176 Å². The zero-order valence-corrected chi connectivity index (χ0v) is 18.4. The van der Waals surface area contributed by atoms with E-state index in [-0.39, 0.29) is 11.2 Å². The van der Waals surface area contributed by atoms with Gasteiger partial charge < -0.3 is 0 Å². The molecular formula is C28H37F. The van der Waals surface area contributed by atoms with Crippen LogP contribution in [0.2, 0.25) is 0 Å². The highest BCUT2D eigenvalue weighted by molar-refractivity contribution is 5.70. The molecule has 2 bridgehead atoms. The van der Waals surface area contributed by atoms with E-state index < -0.39 is 0 Å². The van der Waals surface area contributed by atoms with Gasteiger partial charge in [0.05, 0.1) is 0 Å². The number of fused-ring (bicyclic) bond motifs is 3. The third kappa shape index (κ3) is 4.03. The molecule has 0 N–H and O–H groups in total. The molecule has 0 amide bonds. The Hall–Kier alpha value is -1.63. The van der Waals surface area contributed by atoms with Crippen molar-refractivity contribution in [3.8, 4) is 11.1 Å². The Morgan fingerprint density at radius 1 is 0.793 bits per heavy atom. The van der Waals surface area contributed by atoms with E-state index in [1.54, 1.807) is 6.07 Å². The summed E-state index contributed by atoms with van der Waals surface area (Å²) in [4.78, 5) is 0. The van der Waals surface area contributed by atoms with Crippen molar-refractivity contribution >= 4 is 0 Å². The van der Waals surface area contributed by atoms with Gasteiger partial charge in [-0.2, -0.15) is 0 Å². The molecule has 0 aliphatic heterocycles. The predicted octanol–water partition coefficient (Wildman–Crippen LogP) is 8.62. The van der Waals surface area contributed by atoms with Crippen LogP contribution in [-0.4, -0.2) is 0 Å². The van der Waals surface area contributed by atoms with Gasteiger partial charge in [0.25, 0.3) is 0 Å². The van der Waals surface area contributed by atoms with E-state index in [4.69, 9.17) is 0 Å². The van der Waals surface area contributed by atoms with Gasteiger partial charge >= 0.3 is 0 Å². The number of halogens is 1. The van der Waals surface area contributed by atoms with Gasteiger partial charge in [-0.25, -0.2) is 4.39 Å². The molecule has 0 aromatic heterocycles. The molecule has 2 aromatic carbocycles. The Balaban J connectivity index is 1.60. The molecule has 2 aromatic rings. The average Bonchev–Trinajstić information content (AvgIpc) is 2.76. The van der Waals surface area contributed by atoms with Crippen LogP contribution in [0.4, 0.5) is 4.39 Å². The summed E-state index contributed by atoms with van der Waals surface area (Å²) in [6, 6.07) is 14.6. The van der Waals surface area contributed by atoms with Crippen molar-refractivity contribution in [2.24, 2.45) is 5.41 Å². The van der Waals surface area contributed by atoms with Crippen LogP contribution in [0.3, 0.4) is 0 Å². The number of aryl methyl sites for hydroxylation is 1. The van der Waals surface area contributed by atoms with Crippen LogP contribution in [0.1, 0.15) is 95.6 Å². The number of benzene rings is 2. The van der Waals surface area contributed by atoms with Crippen LogP contribution >= 0.6 is 0 Å².